The minimum absolute atomic E-state index is 0.0229. The number of benzene rings is 1. The Morgan fingerprint density at radius 2 is 2.08 bits per heavy atom. The zero-order chi connectivity index (χ0) is 17.1. The molecule has 25 heavy (non-hydrogen) atoms. The highest BCUT2D eigenvalue weighted by Gasteiger charge is 2.26. The number of hydrogen-bond acceptors (Lipinski definition) is 3. The van der Waals surface area contributed by atoms with E-state index in [0.29, 0.717) is 18.8 Å². The molecule has 1 atom stereocenters. The molecule has 5 heteroatoms. The third-order valence-corrected chi connectivity index (χ3v) is 5.37. The molecular weight excluding hydrogens is 314 g/mol. The van der Waals surface area contributed by atoms with Gasteiger partial charge in [0.15, 0.2) is 5.82 Å². The van der Waals surface area contributed by atoms with Crippen molar-refractivity contribution >= 4 is 11.7 Å². The molecule has 2 N–H and O–H groups in total. The Labute approximate surface area is 148 Å². The fraction of sp³-hybridized carbons (Fsp3) is 0.500. The van der Waals surface area contributed by atoms with Crippen LogP contribution in [0.5, 0.6) is 5.75 Å². The summed E-state index contributed by atoms with van der Waals surface area (Å²) < 4.78 is 5.71. The molecule has 1 aromatic heterocycles. The third kappa shape index (κ3) is 3.86. The van der Waals surface area contributed by atoms with Crippen molar-refractivity contribution in [2.24, 2.45) is 11.8 Å². The molecule has 0 bridgehead atoms. The van der Waals surface area contributed by atoms with Crippen LogP contribution in [0.2, 0.25) is 0 Å². The highest BCUT2D eigenvalue weighted by Crippen LogP contribution is 2.28. The van der Waals surface area contributed by atoms with Gasteiger partial charge in [-0.05, 0) is 30.4 Å². The molecule has 0 saturated heterocycles. The summed E-state index contributed by atoms with van der Waals surface area (Å²) in [4.78, 5) is 12.5. The molecular formula is C20H25N3O2. The zero-order valence-corrected chi connectivity index (χ0v) is 14.5. The van der Waals surface area contributed by atoms with Gasteiger partial charge in [-0.15, -0.1) is 0 Å². The molecule has 1 aliphatic carbocycles. The van der Waals surface area contributed by atoms with Crippen LogP contribution < -0.4 is 10.1 Å². The van der Waals surface area contributed by atoms with Gasteiger partial charge in [0.2, 0.25) is 5.91 Å². The van der Waals surface area contributed by atoms with Gasteiger partial charge in [0, 0.05) is 11.8 Å². The molecule has 5 nitrogen and oxygen atoms in total. The Balaban J connectivity index is 1.34. The second-order valence-electron chi connectivity index (χ2n) is 7.30. The normalized spacial score (nSPS) is 20.6. The van der Waals surface area contributed by atoms with Crippen LogP contribution in [0.3, 0.4) is 0 Å². The maximum absolute atomic E-state index is 12.5. The number of nitrogens with zero attached hydrogens (tertiary/aromatic N) is 1. The summed E-state index contributed by atoms with van der Waals surface area (Å²) in [7, 11) is 0. The summed E-state index contributed by atoms with van der Waals surface area (Å²) in [5.41, 5.74) is 2.21. The van der Waals surface area contributed by atoms with Crippen molar-refractivity contribution < 1.29 is 9.53 Å². The number of hydrogen-bond donors (Lipinski definition) is 2. The molecule has 1 fully saturated rings. The monoisotopic (exact) mass is 339 g/mol. The highest BCUT2D eigenvalue weighted by atomic mass is 16.5. The summed E-state index contributed by atoms with van der Waals surface area (Å²) in [6.07, 6.45) is 8.40. The van der Waals surface area contributed by atoms with E-state index in [-0.39, 0.29) is 11.8 Å². The van der Waals surface area contributed by atoms with Crippen molar-refractivity contribution in [3.8, 4) is 5.75 Å². The first-order chi connectivity index (χ1) is 12.3. The minimum Gasteiger partial charge on any atom is -0.492 e. The molecule has 1 amide bonds. The molecule has 132 valence electrons. The van der Waals surface area contributed by atoms with E-state index in [1.54, 1.807) is 0 Å². The SMILES string of the molecule is O=C(Nc1cc(CC2CCCCC2)[nH]n1)[C@@H]1COc2ccccc2C1. The number of carbonyl (C=O) groups excluding carboxylic acids is 1. The lowest BCUT2D eigenvalue weighted by molar-refractivity contribution is -0.121. The molecule has 1 aliphatic heterocycles. The van der Waals surface area contributed by atoms with Crippen molar-refractivity contribution in [2.45, 2.75) is 44.9 Å². The van der Waals surface area contributed by atoms with Gasteiger partial charge >= 0.3 is 0 Å². The van der Waals surface area contributed by atoms with E-state index < -0.39 is 0 Å². The van der Waals surface area contributed by atoms with Gasteiger partial charge < -0.3 is 10.1 Å². The van der Waals surface area contributed by atoms with Crippen molar-refractivity contribution in [3.05, 3.63) is 41.6 Å². The molecule has 1 saturated carbocycles. The third-order valence-electron chi connectivity index (χ3n) is 5.37. The van der Waals surface area contributed by atoms with E-state index in [1.807, 2.05) is 30.3 Å². The van der Waals surface area contributed by atoms with Crippen LogP contribution in [0.25, 0.3) is 0 Å². The average Bonchev–Trinajstić information content (AvgIpc) is 3.09. The highest BCUT2D eigenvalue weighted by molar-refractivity contribution is 5.92. The lowest BCUT2D eigenvalue weighted by Gasteiger charge is -2.24. The Hall–Kier alpha value is -2.30. The predicted octanol–water partition coefficient (Wildman–Crippen LogP) is 3.72. The smallest absolute Gasteiger partial charge is 0.232 e. The first-order valence-electron chi connectivity index (χ1n) is 9.34. The van der Waals surface area contributed by atoms with E-state index in [2.05, 4.69) is 15.5 Å². The number of aromatic nitrogens is 2. The summed E-state index contributed by atoms with van der Waals surface area (Å²) >= 11 is 0. The number of rotatable bonds is 4. The second kappa shape index (κ2) is 7.30. The van der Waals surface area contributed by atoms with Crippen LogP contribution >= 0.6 is 0 Å². The van der Waals surface area contributed by atoms with Gasteiger partial charge in [0.05, 0.1) is 5.92 Å². The number of nitrogens with one attached hydrogen (secondary N) is 2. The van der Waals surface area contributed by atoms with Crippen LogP contribution in [0.1, 0.15) is 43.4 Å². The molecule has 2 aliphatic rings. The van der Waals surface area contributed by atoms with Crippen molar-refractivity contribution in [1.29, 1.82) is 0 Å². The van der Waals surface area contributed by atoms with Gasteiger partial charge in [-0.1, -0.05) is 50.3 Å². The Morgan fingerprint density at radius 1 is 1.24 bits per heavy atom. The molecule has 2 aromatic rings. The molecule has 1 aromatic carbocycles. The summed E-state index contributed by atoms with van der Waals surface area (Å²) in [6, 6.07) is 9.88. The number of para-hydroxylation sites is 1. The lowest BCUT2D eigenvalue weighted by Crippen LogP contribution is -2.32. The van der Waals surface area contributed by atoms with E-state index in [1.165, 1.54) is 32.1 Å². The van der Waals surface area contributed by atoms with Gasteiger partial charge in [0.1, 0.15) is 12.4 Å². The number of ether oxygens (including phenoxy) is 1. The van der Waals surface area contributed by atoms with E-state index in [4.69, 9.17) is 4.74 Å². The van der Waals surface area contributed by atoms with Crippen LogP contribution in [-0.2, 0) is 17.6 Å². The Kier molecular flexibility index (Phi) is 4.72. The molecule has 0 radical (unpaired) electrons. The standard InChI is InChI=1S/C20H25N3O2/c24-20(16-11-15-8-4-5-9-18(15)25-13-16)21-19-12-17(22-23-19)10-14-6-2-1-3-7-14/h4-5,8-9,12,14,16H,1-3,6-7,10-11,13H2,(H2,21,22,23,24)/t16-/m0/s1. The van der Waals surface area contributed by atoms with Gasteiger partial charge in [0.25, 0.3) is 0 Å². The maximum Gasteiger partial charge on any atom is 0.232 e. The zero-order valence-electron chi connectivity index (χ0n) is 14.5. The van der Waals surface area contributed by atoms with Gasteiger partial charge in [-0.25, -0.2) is 0 Å². The number of fused-ring (bicyclic) bond motifs is 1. The number of carbonyl (C=O) groups is 1. The van der Waals surface area contributed by atoms with Crippen LogP contribution in [0.4, 0.5) is 5.82 Å². The molecule has 0 unspecified atom stereocenters. The predicted molar refractivity (Wildman–Crippen MR) is 96.6 cm³/mol. The average molecular weight is 339 g/mol. The maximum atomic E-state index is 12.5. The number of H-pyrrole nitrogens is 1. The number of anilines is 1. The van der Waals surface area contributed by atoms with Crippen LogP contribution in [-0.4, -0.2) is 22.7 Å². The van der Waals surface area contributed by atoms with E-state index >= 15 is 0 Å². The Morgan fingerprint density at radius 3 is 2.96 bits per heavy atom. The minimum atomic E-state index is -0.173. The first kappa shape index (κ1) is 16.2. The topological polar surface area (TPSA) is 67.0 Å². The number of amides is 1. The van der Waals surface area contributed by atoms with Crippen molar-refractivity contribution in [2.75, 3.05) is 11.9 Å². The van der Waals surface area contributed by atoms with Crippen molar-refractivity contribution in [3.63, 3.8) is 0 Å². The van der Waals surface area contributed by atoms with Crippen LogP contribution in [0.15, 0.2) is 30.3 Å². The molecule has 0 spiro atoms. The van der Waals surface area contributed by atoms with Crippen molar-refractivity contribution in [1.82, 2.24) is 10.2 Å². The largest absolute Gasteiger partial charge is 0.492 e. The molecule has 4 rings (SSSR count). The molecule has 2 heterocycles. The van der Waals surface area contributed by atoms with Gasteiger partial charge in [-0.2, -0.15) is 5.10 Å². The Bertz CT molecular complexity index is 734. The second-order valence-corrected chi connectivity index (χ2v) is 7.30. The fourth-order valence-electron chi connectivity index (χ4n) is 3.96. The first-order valence-corrected chi connectivity index (χ1v) is 9.34. The van der Waals surface area contributed by atoms with Gasteiger partial charge in [-0.3, -0.25) is 9.89 Å². The van der Waals surface area contributed by atoms with E-state index in [0.717, 1.165) is 29.3 Å². The summed E-state index contributed by atoms with van der Waals surface area (Å²) in [5, 5.41) is 10.3. The van der Waals surface area contributed by atoms with E-state index in [9.17, 15) is 4.79 Å². The summed E-state index contributed by atoms with van der Waals surface area (Å²) in [5.74, 6) is 2.07. The fourth-order valence-corrected chi connectivity index (χ4v) is 3.96. The summed E-state index contributed by atoms with van der Waals surface area (Å²) in [6.45, 7) is 0.419. The van der Waals surface area contributed by atoms with Crippen LogP contribution in [0, 0.1) is 11.8 Å². The quantitative estimate of drug-likeness (QED) is 0.892. The lowest BCUT2D eigenvalue weighted by atomic mass is 9.86. The number of aromatic amines is 1.